The van der Waals surface area contributed by atoms with E-state index in [4.69, 9.17) is 23.2 Å². The number of amides is 1. The van der Waals surface area contributed by atoms with E-state index < -0.39 is 0 Å². The molecule has 0 saturated carbocycles. The van der Waals surface area contributed by atoms with Gasteiger partial charge < -0.3 is 5.32 Å². The van der Waals surface area contributed by atoms with Gasteiger partial charge in [-0.1, -0.05) is 53.5 Å². The third kappa shape index (κ3) is 3.24. The van der Waals surface area contributed by atoms with Crippen LogP contribution >= 0.6 is 23.2 Å². The molecule has 0 bridgehead atoms. The zero-order valence-corrected chi connectivity index (χ0v) is 13.1. The van der Waals surface area contributed by atoms with Gasteiger partial charge in [0.2, 0.25) is 0 Å². The average Bonchev–Trinajstić information content (AvgIpc) is 2.53. The number of anilines is 1. The minimum atomic E-state index is -0.143. The Morgan fingerprint density at radius 1 is 1.09 bits per heavy atom. The lowest BCUT2D eigenvalue weighted by molar-refractivity contribution is -0.117. The van der Waals surface area contributed by atoms with Gasteiger partial charge in [0.1, 0.15) is 5.84 Å². The van der Waals surface area contributed by atoms with Crippen molar-refractivity contribution in [3.8, 4) is 0 Å². The third-order valence-electron chi connectivity index (χ3n) is 3.26. The Hall–Kier alpha value is -2.04. The summed E-state index contributed by atoms with van der Waals surface area (Å²) in [4.78, 5) is 12.1. The van der Waals surface area contributed by atoms with Crippen LogP contribution in [0.25, 0.3) is 0 Å². The smallest absolute Gasteiger partial charge is 0.266 e. The van der Waals surface area contributed by atoms with Crippen molar-refractivity contribution in [2.75, 3.05) is 11.6 Å². The quantitative estimate of drug-likeness (QED) is 0.934. The lowest BCUT2D eigenvalue weighted by atomic mass is 10.1. The summed E-state index contributed by atoms with van der Waals surface area (Å²) in [6.45, 7) is 0.200. The second-order valence-electron chi connectivity index (χ2n) is 4.87. The van der Waals surface area contributed by atoms with E-state index in [0.29, 0.717) is 22.2 Å². The van der Waals surface area contributed by atoms with Crippen LogP contribution in [0.4, 0.5) is 5.69 Å². The first kappa shape index (κ1) is 14.9. The Morgan fingerprint density at radius 3 is 2.59 bits per heavy atom. The molecule has 0 aromatic heterocycles. The predicted molar refractivity (Wildman–Crippen MR) is 89.5 cm³/mol. The molecule has 1 aliphatic rings. The van der Waals surface area contributed by atoms with Crippen LogP contribution in [0.1, 0.15) is 5.56 Å². The number of hydrazone groups is 1. The van der Waals surface area contributed by atoms with E-state index in [1.54, 1.807) is 18.2 Å². The molecule has 0 spiro atoms. The zero-order valence-electron chi connectivity index (χ0n) is 11.6. The Kier molecular flexibility index (Phi) is 4.32. The molecule has 0 saturated heterocycles. The number of amidine groups is 1. The van der Waals surface area contributed by atoms with E-state index in [1.807, 2.05) is 30.3 Å². The second kappa shape index (κ2) is 6.38. The highest BCUT2D eigenvalue weighted by atomic mass is 35.5. The minimum absolute atomic E-state index is 0.143. The van der Waals surface area contributed by atoms with Crippen molar-refractivity contribution < 1.29 is 4.79 Å². The maximum Gasteiger partial charge on any atom is 0.266 e. The van der Waals surface area contributed by atoms with Crippen molar-refractivity contribution in [3.63, 3.8) is 0 Å². The van der Waals surface area contributed by atoms with Gasteiger partial charge >= 0.3 is 0 Å². The number of rotatable bonds is 3. The van der Waals surface area contributed by atoms with Crippen LogP contribution in [0.3, 0.4) is 0 Å². The summed E-state index contributed by atoms with van der Waals surface area (Å²) in [6, 6.07) is 15.0. The predicted octanol–water partition coefficient (Wildman–Crippen LogP) is 3.49. The number of halogens is 2. The van der Waals surface area contributed by atoms with E-state index in [0.717, 1.165) is 11.4 Å². The van der Waals surface area contributed by atoms with Crippen molar-refractivity contribution in [1.29, 1.82) is 0 Å². The van der Waals surface area contributed by atoms with E-state index in [2.05, 4.69) is 10.4 Å². The van der Waals surface area contributed by atoms with Crippen molar-refractivity contribution in [2.24, 2.45) is 5.10 Å². The molecule has 0 fully saturated rings. The molecule has 3 rings (SSSR count). The molecular weight excluding hydrogens is 321 g/mol. The molecular formula is C16H13Cl2N3O. The number of carbonyl (C=O) groups is 1. The van der Waals surface area contributed by atoms with Crippen molar-refractivity contribution in [2.45, 2.75) is 6.42 Å². The molecule has 1 amide bonds. The summed E-state index contributed by atoms with van der Waals surface area (Å²) in [5.41, 5.74) is 1.73. The summed E-state index contributed by atoms with van der Waals surface area (Å²) in [5.74, 6) is 0.590. The first-order valence-corrected chi connectivity index (χ1v) is 7.52. The van der Waals surface area contributed by atoms with Gasteiger partial charge in [0.15, 0.2) is 0 Å². The Balaban J connectivity index is 1.87. The summed E-state index contributed by atoms with van der Waals surface area (Å²) >= 11 is 11.9. The number of hydrogen-bond donors (Lipinski definition) is 1. The van der Waals surface area contributed by atoms with Crippen LogP contribution < -0.4 is 10.3 Å². The van der Waals surface area contributed by atoms with Gasteiger partial charge in [-0.15, -0.1) is 0 Å². The second-order valence-corrected chi connectivity index (χ2v) is 5.68. The highest BCUT2D eigenvalue weighted by Gasteiger charge is 2.22. The highest BCUT2D eigenvalue weighted by Crippen LogP contribution is 2.28. The number of nitrogens with one attached hydrogen (secondary N) is 1. The first-order chi connectivity index (χ1) is 10.6. The van der Waals surface area contributed by atoms with Crippen molar-refractivity contribution in [1.82, 2.24) is 5.32 Å². The molecule has 4 nitrogen and oxygen atoms in total. The van der Waals surface area contributed by atoms with Gasteiger partial charge in [0, 0.05) is 6.42 Å². The van der Waals surface area contributed by atoms with Gasteiger partial charge in [0.25, 0.3) is 5.91 Å². The average molecular weight is 334 g/mol. The molecule has 22 heavy (non-hydrogen) atoms. The summed E-state index contributed by atoms with van der Waals surface area (Å²) in [6.07, 6.45) is 0.631. The molecule has 1 N–H and O–H groups in total. The Morgan fingerprint density at radius 2 is 1.86 bits per heavy atom. The number of hydrogen-bond acceptors (Lipinski definition) is 3. The van der Waals surface area contributed by atoms with Gasteiger partial charge in [-0.2, -0.15) is 10.1 Å². The lowest BCUT2D eigenvalue weighted by Crippen LogP contribution is -2.45. The molecule has 0 aliphatic carbocycles. The van der Waals surface area contributed by atoms with E-state index in [9.17, 15) is 4.79 Å². The van der Waals surface area contributed by atoms with E-state index in [-0.39, 0.29) is 12.5 Å². The van der Waals surface area contributed by atoms with Gasteiger partial charge in [-0.3, -0.25) is 4.79 Å². The van der Waals surface area contributed by atoms with Crippen LogP contribution in [0.15, 0.2) is 53.6 Å². The maximum absolute atomic E-state index is 12.1. The lowest BCUT2D eigenvalue weighted by Gasteiger charge is -2.25. The highest BCUT2D eigenvalue weighted by molar-refractivity contribution is 6.42. The van der Waals surface area contributed by atoms with Crippen LogP contribution in [0.5, 0.6) is 0 Å². The molecule has 6 heteroatoms. The SMILES string of the molecule is O=C1CNC(Cc2ccccc2)=NN1c1ccc(Cl)c(Cl)c1. The first-order valence-electron chi connectivity index (χ1n) is 6.77. The molecule has 0 atom stereocenters. The normalized spacial score (nSPS) is 14.5. The number of carbonyl (C=O) groups excluding carboxylic acids is 1. The fraction of sp³-hybridized carbons (Fsp3) is 0.125. The molecule has 1 heterocycles. The molecule has 2 aromatic carbocycles. The standard InChI is InChI=1S/C16H13Cl2N3O/c17-13-7-6-12(9-14(13)18)21-16(22)10-19-15(20-21)8-11-4-2-1-3-5-11/h1-7,9H,8,10H2,(H,19,20). The van der Waals surface area contributed by atoms with Gasteiger partial charge in [-0.05, 0) is 23.8 Å². The minimum Gasteiger partial charge on any atom is -0.363 e. The van der Waals surface area contributed by atoms with Crippen molar-refractivity contribution in [3.05, 3.63) is 64.1 Å². The number of nitrogens with zero attached hydrogens (tertiary/aromatic N) is 2. The van der Waals surface area contributed by atoms with Crippen molar-refractivity contribution >= 4 is 40.6 Å². The molecule has 112 valence electrons. The fourth-order valence-corrected chi connectivity index (χ4v) is 2.46. The monoisotopic (exact) mass is 333 g/mol. The zero-order chi connectivity index (χ0) is 15.5. The van der Waals surface area contributed by atoms with Crippen LogP contribution in [0, 0.1) is 0 Å². The van der Waals surface area contributed by atoms with Gasteiger partial charge in [0.05, 0.1) is 22.3 Å². The maximum atomic E-state index is 12.1. The summed E-state index contributed by atoms with van der Waals surface area (Å²) < 4.78 is 0. The van der Waals surface area contributed by atoms with Crippen LogP contribution in [-0.4, -0.2) is 18.3 Å². The van der Waals surface area contributed by atoms with Crippen LogP contribution in [0.2, 0.25) is 10.0 Å². The third-order valence-corrected chi connectivity index (χ3v) is 4.00. The summed E-state index contributed by atoms with van der Waals surface area (Å²) in [7, 11) is 0. The topological polar surface area (TPSA) is 44.7 Å². The molecule has 2 aromatic rings. The largest absolute Gasteiger partial charge is 0.363 e. The fourth-order valence-electron chi connectivity index (χ4n) is 2.17. The Labute approximate surface area is 138 Å². The molecule has 0 unspecified atom stereocenters. The summed E-state index contributed by atoms with van der Waals surface area (Å²) in [5, 5.41) is 9.63. The number of benzene rings is 2. The van der Waals surface area contributed by atoms with Crippen LogP contribution in [-0.2, 0) is 11.2 Å². The molecule has 1 aliphatic heterocycles. The van der Waals surface area contributed by atoms with E-state index >= 15 is 0 Å². The van der Waals surface area contributed by atoms with Gasteiger partial charge in [-0.25, -0.2) is 0 Å². The van der Waals surface area contributed by atoms with E-state index in [1.165, 1.54) is 5.01 Å². The Bertz CT molecular complexity index is 731. The molecule has 0 radical (unpaired) electrons.